The average Bonchev–Trinajstić information content (AvgIpc) is 2.35. The van der Waals surface area contributed by atoms with E-state index in [0.29, 0.717) is 11.8 Å². The molecule has 1 rings (SSSR count). The lowest BCUT2D eigenvalue weighted by Gasteiger charge is -2.30. The molecule has 104 valence electrons. The largest absolute Gasteiger partial charge is 0.480 e. The molecule has 6 heteroatoms. The molecule has 0 aromatic rings. The van der Waals surface area contributed by atoms with Gasteiger partial charge in [-0.3, -0.25) is 4.79 Å². The Balaban J connectivity index is 2.44. The fraction of sp³-hybridized carbons (Fsp3) is 0.833. The lowest BCUT2D eigenvalue weighted by Crippen LogP contribution is -2.48. The summed E-state index contributed by atoms with van der Waals surface area (Å²) in [7, 11) is 0. The van der Waals surface area contributed by atoms with Gasteiger partial charge in [0.05, 0.1) is 0 Å². The number of thioether (sulfide) groups is 1. The van der Waals surface area contributed by atoms with Crippen molar-refractivity contribution in [3.05, 3.63) is 0 Å². The van der Waals surface area contributed by atoms with Crippen molar-refractivity contribution in [1.82, 2.24) is 10.2 Å². The van der Waals surface area contributed by atoms with E-state index in [0.717, 1.165) is 19.3 Å². The van der Waals surface area contributed by atoms with E-state index in [4.69, 9.17) is 5.11 Å². The van der Waals surface area contributed by atoms with Gasteiger partial charge in [0, 0.05) is 17.8 Å². The SMILES string of the molecule is CCN(CC(=O)O)C(=O)NC1CCCC(SC)C1. The molecule has 0 aliphatic heterocycles. The molecule has 0 aromatic heterocycles. The molecule has 0 heterocycles. The topological polar surface area (TPSA) is 69.6 Å². The molecule has 0 saturated heterocycles. The Morgan fingerprint density at radius 1 is 1.44 bits per heavy atom. The average molecular weight is 274 g/mol. The number of carbonyl (C=O) groups is 2. The first-order chi connectivity index (χ1) is 8.56. The summed E-state index contributed by atoms with van der Waals surface area (Å²) in [5.74, 6) is -0.974. The smallest absolute Gasteiger partial charge is 0.323 e. The molecular formula is C12H22N2O3S. The van der Waals surface area contributed by atoms with Crippen LogP contribution in [0.1, 0.15) is 32.6 Å². The van der Waals surface area contributed by atoms with Crippen molar-refractivity contribution in [3.63, 3.8) is 0 Å². The van der Waals surface area contributed by atoms with E-state index in [2.05, 4.69) is 11.6 Å². The Kier molecular flexibility index (Phi) is 6.32. The van der Waals surface area contributed by atoms with Crippen molar-refractivity contribution in [2.75, 3.05) is 19.3 Å². The highest BCUT2D eigenvalue weighted by molar-refractivity contribution is 7.99. The highest BCUT2D eigenvalue weighted by Gasteiger charge is 2.24. The third kappa shape index (κ3) is 4.76. The third-order valence-electron chi connectivity index (χ3n) is 3.28. The van der Waals surface area contributed by atoms with E-state index >= 15 is 0 Å². The summed E-state index contributed by atoms with van der Waals surface area (Å²) in [6.07, 6.45) is 6.41. The van der Waals surface area contributed by atoms with Crippen molar-refractivity contribution in [2.24, 2.45) is 0 Å². The zero-order valence-corrected chi connectivity index (χ0v) is 11.8. The third-order valence-corrected chi connectivity index (χ3v) is 4.38. The lowest BCUT2D eigenvalue weighted by molar-refractivity contribution is -0.137. The van der Waals surface area contributed by atoms with Crippen LogP contribution < -0.4 is 5.32 Å². The van der Waals surface area contributed by atoms with Gasteiger partial charge in [0.2, 0.25) is 0 Å². The first-order valence-electron chi connectivity index (χ1n) is 6.36. The molecule has 0 bridgehead atoms. The van der Waals surface area contributed by atoms with Gasteiger partial charge in [0.25, 0.3) is 0 Å². The van der Waals surface area contributed by atoms with Gasteiger partial charge in [-0.25, -0.2) is 4.79 Å². The standard InChI is InChI=1S/C12H22N2O3S/c1-3-14(8-11(15)16)12(17)13-9-5-4-6-10(7-9)18-2/h9-10H,3-8H2,1-2H3,(H,13,17)(H,15,16). The van der Waals surface area contributed by atoms with E-state index in [1.807, 2.05) is 11.8 Å². The van der Waals surface area contributed by atoms with Crippen molar-refractivity contribution >= 4 is 23.8 Å². The van der Waals surface area contributed by atoms with E-state index in [1.54, 1.807) is 6.92 Å². The molecule has 5 nitrogen and oxygen atoms in total. The van der Waals surface area contributed by atoms with Crippen LogP contribution in [0.2, 0.25) is 0 Å². The number of nitrogens with one attached hydrogen (secondary N) is 1. The molecule has 1 aliphatic carbocycles. The van der Waals surface area contributed by atoms with Gasteiger partial charge in [-0.2, -0.15) is 11.8 Å². The minimum atomic E-state index is -0.974. The van der Waals surface area contributed by atoms with Crippen LogP contribution in [0.5, 0.6) is 0 Å². The summed E-state index contributed by atoms with van der Waals surface area (Å²) in [6, 6.07) is -0.0711. The molecule has 2 atom stereocenters. The summed E-state index contributed by atoms with van der Waals surface area (Å²) in [5.41, 5.74) is 0. The van der Waals surface area contributed by atoms with E-state index in [-0.39, 0.29) is 18.6 Å². The number of rotatable bonds is 5. The fourth-order valence-electron chi connectivity index (χ4n) is 2.25. The number of carboxylic acids is 1. The zero-order valence-electron chi connectivity index (χ0n) is 11.0. The number of urea groups is 1. The normalized spacial score (nSPS) is 23.4. The van der Waals surface area contributed by atoms with Crippen LogP contribution in [0.15, 0.2) is 0 Å². The van der Waals surface area contributed by atoms with Gasteiger partial charge in [0.1, 0.15) is 6.54 Å². The number of hydrogen-bond acceptors (Lipinski definition) is 3. The van der Waals surface area contributed by atoms with Gasteiger partial charge in [-0.1, -0.05) is 6.42 Å². The molecule has 2 N–H and O–H groups in total. The predicted octanol–water partition coefficient (Wildman–Crippen LogP) is 1.78. The Morgan fingerprint density at radius 3 is 2.72 bits per heavy atom. The lowest BCUT2D eigenvalue weighted by atomic mass is 9.95. The van der Waals surface area contributed by atoms with Crippen LogP contribution in [0.3, 0.4) is 0 Å². The van der Waals surface area contributed by atoms with Crippen LogP contribution in [0.4, 0.5) is 4.79 Å². The van der Waals surface area contributed by atoms with Crippen molar-refractivity contribution in [1.29, 1.82) is 0 Å². The van der Waals surface area contributed by atoms with Crippen molar-refractivity contribution in [2.45, 2.75) is 43.9 Å². The van der Waals surface area contributed by atoms with Crippen LogP contribution in [-0.4, -0.2) is 52.6 Å². The maximum atomic E-state index is 11.9. The van der Waals surface area contributed by atoms with Crippen LogP contribution in [0, 0.1) is 0 Å². The van der Waals surface area contributed by atoms with Crippen molar-refractivity contribution < 1.29 is 14.7 Å². The summed E-state index contributed by atoms with van der Waals surface area (Å²) in [5, 5.41) is 12.3. The van der Waals surface area contributed by atoms with E-state index in [9.17, 15) is 9.59 Å². The number of likely N-dealkylation sites (N-methyl/N-ethyl adjacent to an activating group) is 1. The number of amides is 2. The van der Waals surface area contributed by atoms with E-state index in [1.165, 1.54) is 11.3 Å². The fourth-order valence-corrected chi connectivity index (χ4v) is 3.07. The molecule has 2 amide bonds. The second-order valence-electron chi connectivity index (χ2n) is 4.58. The number of hydrogen-bond donors (Lipinski definition) is 2. The Morgan fingerprint density at radius 2 is 2.17 bits per heavy atom. The second-order valence-corrected chi connectivity index (χ2v) is 5.72. The number of aliphatic carboxylic acids is 1. The van der Waals surface area contributed by atoms with Gasteiger partial charge in [0.15, 0.2) is 0 Å². The van der Waals surface area contributed by atoms with Gasteiger partial charge in [-0.15, -0.1) is 0 Å². The van der Waals surface area contributed by atoms with Crippen LogP contribution >= 0.6 is 11.8 Å². The summed E-state index contributed by atoms with van der Waals surface area (Å²) >= 11 is 1.84. The molecule has 1 aliphatic rings. The minimum Gasteiger partial charge on any atom is -0.480 e. The van der Waals surface area contributed by atoms with Gasteiger partial charge >= 0.3 is 12.0 Å². The molecule has 0 aromatic carbocycles. The first-order valence-corrected chi connectivity index (χ1v) is 7.65. The van der Waals surface area contributed by atoms with Crippen LogP contribution in [-0.2, 0) is 4.79 Å². The zero-order chi connectivity index (χ0) is 13.5. The molecule has 1 fully saturated rings. The quantitative estimate of drug-likeness (QED) is 0.801. The Labute approximate surface area is 112 Å². The number of nitrogens with zero attached hydrogens (tertiary/aromatic N) is 1. The summed E-state index contributed by atoms with van der Waals surface area (Å²) in [6.45, 7) is 1.96. The molecular weight excluding hydrogens is 252 g/mol. The second kappa shape index (κ2) is 7.51. The summed E-state index contributed by atoms with van der Waals surface area (Å²) in [4.78, 5) is 23.9. The molecule has 0 spiro atoms. The molecule has 1 saturated carbocycles. The Hall–Kier alpha value is -0.910. The summed E-state index contributed by atoms with van der Waals surface area (Å²) < 4.78 is 0. The molecule has 0 radical (unpaired) electrons. The first kappa shape index (κ1) is 15.1. The van der Waals surface area contributed by atoms with Gasteiger partial charge < -0.3 is 15.3 Å². The maximum Gasteiger partial charge on any atom is 0.323 e. The molecule has 2 unspecified atom stereocenters. The monoisotopic (exact) mass is 274 g/mol. The van der Waals surface area contributed by atoms with Gasteiger partial charge in [-0.05, 0) is 32.4 Å². The predicted molar refractivity (Wildman–Crippen MR) is 73.0 cm³/mol. The van der Waals surface area contributed by atoms with E-state index < -0.39 is 5.97 Å². The number of carboxylic acid groups (broad SMARTS) is 1. The minimum absolute atomic E-state index is 0.187. The highest BCUT2D eigenvalue weighted by atomic mass is 32.2. The van der Waals surface area contributed by atoms with Crippen LogP contribution in [0.25, 0.3) is 0 Å². The Bertz CT molecular complexity index is 299. The highest BCUT2D eigenvalue weighted by Crippen LogP contribution is 2.26. The number of carbonyl (C=O) groups excluding carboxylic acids is 1. The van der Waals surface area contributed by atoms with Crippen molar-refractivity contribution in [3.8, 4) is 0 Å². The molecule has 18 heavy (non-hydrogen) atoms. The maximum absolute atomic E-state index is 11.9.